The van der Waals surface area contributed by atoms with Crippen molar-refractivity contribution in [2.45, 2.75) is 32.2 Å². The Balaban J connectivity index is 1.42. The number of nitrogens with one attached hydrogen (secondary N) is 1. The predicted molar refractivity (Wildman–Crippen MR) is 93.2 cm³/mol. The van der Waals surface area contributed by atoms with Crippen LogP contribution in [-0.4, -0.2) is 46.0 Å². The van der Waals surface area contributed by atoms with Crippen molar-refractivity contribution in [1.29, 1.82) is 0 Å². The van der Waals surface area contributed by atoms with Gasteiger partial charge in [-0.15, -0.1) is 0 Å². The lowest BCUT2D eigenvalue weighted by Gasteiger charge is -2.35. The maximum atomic E-state index is 12.3. The number of hydrogen-bond donors (Lipinski definition) is 1. The molecular formula is C18H23N5O. The van der Waals surface area contributed by atoms with E-state index < -0.39 is 0 Å². The molecule has 4 rings (SSSR count). The van der Waals surface area contributed by atoms with Crippen LogP contribution < -0.4 is 10.5 Å². The van der Waals surface area contributed by atoms with Crippen LogP contribution in [0.25, 0.3) is 0 Å². The Morgan fingerprint density at radius 1 is 1.04 bits per heavy atom. The highest BCUT2D eigenvalue weighted by Gasteiger charge is 2.21. The second kappa shape index (κ2) is 6.73. The van der Waals surface area contributed by atoms with Crippen LogP contribution in [-0.2, 0) is 19.4 Å². The molecule has 3 heterocycles. The number of pyridine rings is 1. The van der Waals surface area contributed by atoms with Gasteiger partial charge in [0.1, 0.15) is 0 Å². The first-order chi connectivity index (χ1) is 11.8. The number of anilines is 1. The molecule has 1 fully saturated rings. The Morgan fingerprint density at radius 2 is 1.79 bits per heavy atom. The maximum Gasteiger partial charge on any atom is 0.255 e. The van der Waals surface area contributed by atoms with E-state index >= 15 is 0 Å². The van der Waals surface area contributed by atoms with Gasteiger partial charge in [-0.1, -0.05) is 0 Å². The molecular weight excluding hydrogens is 302 g/mol. The minimum absolute atomic E-state index is 0.0638. The average molecular weight is 325 g/mol. The molecule has 0 amide bonds. The second-order valence-corrected chi connectivity index (χ2v) is 6.64. The molecule has 0 aromatic carbocycles. The van der Waals surface area contributed by atoms with Gasteiger partial charge in [-0.05, 0) is 43.4 Å². The van der Waals surface area contributed by atoms with Crippen LogP contribution in [0.3, 0.4) is 0 Å². The summed E-state index contributed by atoms with van der Waals surface area (Å²) < 4.78 is 0. The van der Waals surface area contributed by atoms with E-state index in [0.717, 1.165) is 75.6 Å². The Kier molecular flexibility index (Phi) is 4.30. The van der Waals surface area contributed by atoms with Crippen molar-refractivity contribution >= 4 is 5.95 Å². The average Bonchev–Trinajstić information content (AvgIpc) is 2.63. The van der Waals surface area contributed by atoms with E-state index in [1.807, 2.05) is 12.4 Å². The van der Waals surface area contributed by atoms with Gasteiger partial charge < -0.3 is 4.90 Å². The second-order valence-electron chi connectivity index (χ2n) is 6.64. The van der Waals surface area contributed by atoms with Gasteiger partial charge in [0.25, 0.3) is 5.56 Å². The summed E-state index contributed by atoms with van der Waals surface area (Å²) in [7, 11) is 0. The first-order valence-corrected chi connectivity index (χ1v) is 8.78. The molecule has 126 valence electrons. The van der Waals surface area contributed by atoms with Crippen LogP contribution in [0.4, 0.5) is 5.95 Å². The minimum Gasteiger partial charge on any atom is -0.340 e. The molecule has 6 heteroatoms. The molecule has 1 aliphatic carbocycles. The first-order valence-electron chi connectivity index (χ1n) is 8.78. The molecule has 2 aromatic rings. The number of nitrogens with zero attached hydrogens (tertiary/aromatic N) is 4. The number of H-pyrrole nitrogens is 1. The van der Waals surface area contributed by atoms with Gasteiger partial charge in [-0.3, -0.25) is 19.7 Å². The minimum atomic E-state index is 0.0638. The third-order valence-corrected chi connectivity index (χ3v) is 5.01. The molecule has 0 radical (unpaired) electrons. The summed E-state index contributed by atoms with van der Waals surface area (Å²) in [6, 6.07) is 4.13. The van der Waals surface area contributed by atoms with Gasteiger partial charge in [0.15, 0.2) is 0 Å². The van der Waals surface area contributed by atoms with Crippen molar-refractivity contribution in [3.8, 4) is 0 Å². The summed E-state index contributed by atoms with van der Waals surface area (Å²) in [6.45, 7) is 4.69. The van der Waals surface area contributed by atoms with Crippen LogP contribution in [0.5, 0.6) is 0 Å². The molecule has 0 saturated carbocycles. The van der Waals surface area contributed by atoms with E-state index in [9.17, 15) is 4.79 Å². The Bertz CT molecular complexity index is 750. The van der Waals surface area contributed by atoms with Crippen molar-refractivity contribution in [3.05, 3.63) is 51.7 Å². The number of aromatic amines is 1. The zero-order valence-corrected chi connectivity index (χ0v) is 13.9. The Hall–Kier alpha value is -2.21. The van der Waals surface area contributed by atoms with Gasteiger partial charge in [-0.25, -0.2) is 4.98 Å². The summed E-state index contributed by atoms with van der Waals surface area (Å²) >= 11 is 0. The third-order valence-electron chi connectivity index (χ3n) is 5.01. The number of piperazine rings is 1. The fourth-order valence-corrected chi connectivity index (χ4v) is 3.60. The molecule has 6 nitrogen and oxygen atoms in total. The van der Waals surface area contributed by atoms with E-state index in [-0.39, 0.29) is 5.56 Å². The standard InChI is InChI=1S/C18H23N5O/c24-17-15-3-1-2-4-16(15)20-18(21-17)23-11-9-22(10-12-23)13-14-5-7-19-8-6-14/h5-8H,1-4,9-13H2,(H,20,21,24). The number of aromatic nitrogens is 3. The molecule has 24 heavy (non-hydrogen) atoms. The zero-order chi connectivity index (χ0) is 16.4. The fraction of sp³-hybridized carbons (Fsp3) is 0.500. The molecule has 1 saturated heterocycles. The van der Waals surface area contributed by atoms with Gasteiger partial charge in [0.2, 0.25) is 5.95 Å². The van der Waals surface area contributed by atoms with Crippen LogP contribution in [0.15, 0.2) is 29.3 Å². The smallest absolute Gasteiger partial charge is 0.255 e. The normalized spacial score (nSPS) is 18.4. The quantitative estimate of drug-likeness (QED) is 0.923. The molecule has 0 unspecified atom stereocenters. The van der Waals surface area contributed by atoms with Crippen molar-refractivity contribution in [1.82, 2.24) is 19.9 Å². The number of rotatable bonds is 3. The number of hydrogen-bond acceptors (Lipinski definition) is 5. The highest BCUT2D eigenvalue weighted by Crippen LogP contribution is 2.19. The first kappa shape index (κ1) is 15.3. The van der Waals surface area contributed by atoms with Crippen molar-refractivity contribution in [3.63, 3.8) is 0 Å². The van der Waals surface area contributed by atoms with Crippen molar-refractivity contribution in [2.24, 2.45) is 0 Å². The van der Waals surface area contributed by atoms with E-state index in [1.165, 1.54) is 5.56 Å². The van der Waals surface area contributed by atoms with E-state index in [0.29, 0.717) is 0 Å². The van der Waals surface area contributed by atoms with Gasteiger partial charge >= 0.3 is 0 Å². The van der Waals surface area contributed by atoms with Crippen LogP contribution in [0, 0.1) is 0 Å². The van der Waals surface area contributed by atoms with Crippen molar-refractivity contribution < 1.29 is 0 Å². The highest BCUT2D eigenvalue weighted by atomic mass is 16.1. The third kappa shape index (κ3) is 3.19. The topological polar surface area (TPSA) is 65.1 Å². The van der Waals surface area contributed by atoms with Gasteiger partial charge in [0.05, 0.1) is 5.69 Å². The lowest BCUT2D eigenvalue weighted by Crippen LogP contribution is -2.47. The molecule has 0 spiro atoms. The van der Waals surface area contributed by atoms with Crippen molar-refractivity contribution in [2.75, 3.05) is 31.1 Å². The summed E-state index contributed by atoms with van der Waals surface area (Å²) in [5.74, 6) is 0.754. The zero-order valence-electron chi connectivity index (χ0n) is 13.9. The molecule has 1 N–H and O–H groups in total. The largest absolute Gasteiger partial charge is 0.340 e. The highest BCUT2D eigenvalue weighted by molar-refractivity contribution is 5.35. The van der Waals surface area contributed by atoms with E-state index in [2.05, 4.69) is 31.9 Å². The fourth-order valence-electron chi connectivity index (χ4n) is 3.60. The number of fused-ring (bicyclic) bond motifs is 1. The Labute approximate surface area is 141 Å². The lowest BCUT2D eigenvalue weighted by molar-refractivity contribution is 0.248. The predicted octanol–water partition coefficient (Wildman–Crippen LogP) is 1.37. The van der Waals surface area contributed by atoms with Gasteiger partial charge in [-0.2, -0.15) is 0 Å². The van der Waals surface area contributed by atoms with Crippen LogP contribution in [0.1, 0.15) is 29.7 Å². The summed E-state index contributed by atoms with van der Waals surface area (Å²) in [4.78, 5) is 28.8. The number of aryl methyl sites for hydroxylation is 1. The Morgan fingerprint density at radius 3 is 2.58 bits per heavy atom. The monoisotopic (exact) mass is 325 g/mol. The molecule has 2 aliphatic rings. The SMILES string of the molecule is O=c1[nH]c(N2CCN(Cc3ccncc3)CC2)nc2c1CCCC2. The summed E-state index contributed by atoms with van der Waals surface area (Å²) in [5.41, 5.74) is 3.27. The van der Waals surface area contributed by atoms with Gasteiger partial charge in [0, 0.05) is 50.7 Å². The van der Waals surface area contributed by atoms with E-state index in [1.54, 1.807) is 0 Å². The van der Waals surface area contributed by atoms with E-state index in [4.69, 9.17) is 4.98 Å². The molecule has 2 aromatic heterocycles. The summed E-state index contributed by atoms with van der Waals surface area (Å²) in [5, 5.41) is 0. The lowest BCUT2D eigenvalue weighted by atomic mass is 9.97. The van der Waals surface area contributed by atoms with Crippen LogP contribution >= 0.6 is 0 Å². The molecule has 0 atom stereocenters. The molecule has 1 aliphatic heterocycles. The van der Waals surface area contributed by atoms with Crippen LogP contribution in [0.2, 0.25) is 0 Å². The maximum absolute atomic E-state index is 12.3. The molecule has 0 bridgehead atoms. The summed E-state index contributed by atoms with van der Waals surface area (Å²) in [6.07, 6.45) is 7.74.